The lowest BCUT2D eigenvalue weighted by Crippen LogP contribution is -2.17. The highest BCUT2D eigenvalue weighted by molar-refractivity contribution is 6.07. The van der Waals surface area contributed by atoms with E-state index in [1.54, 1.807) is 6.07 Å². The summed E-state index contributed by atoms with van der Waals surface area (Å²) in [4.78, 5) is 31.2. The van der Waals surface area contributed by atoms with E-state index in [-0.39, 0.29) is 17.5 Å². The van der Waals surface area contributed by atoms with E-state index in [2.05, 4.69) is 15.6 Å². The van der Waals surface area contributed by atoms with E-state index in [0.29, 0.717) is 16.9 Å². The molecule has 29 heavy (non-hydrogen) atoms. The van der Waals surface area contributed by atoms with Gasteiger partial charge in [0.15, 0.2) is 0 Å². The van der Waals surface area contributed by atoms with Crippen molar-refractivity contribution >= 4 is 28.9 Å². The van der Waals surface area contributed by atoms with Crippen molar-refractivity contribution in [2.75, 3.05) is 29.6 Å². The monoisotopic (exact) mass is 388 g/mol. The number of nitrogens with one attached hydrogen (secondary N) is 2. The van der Waals surface area contributed by atoms with Crippen molar-refractivity contribution in [1.29, 1.82) is 0 Å². The molecule has 6 heteroatoms. The van der Waals surface area contributed by atoms with Crippen LogP contribution in [-0.4, -0.2) is 30.9 Å². The van der Waals surface area contributed by atoms with Gasteiger partial charge in [-0.15, -0.1) is 0 Å². The van der Waals surface area contributed by atoms with Crippen LogP contribution < -0.4 is 15.5 Å². The largest absolute Gasteiger partial charge is 0.378 e. The van der Waals surface area contributed by atoms with Crippen LogP contribution in [0.4, 0.5) is 17.1 Å². The minimum absolute atomic E-state index is 0.175. The van der Waals surface area contributed by atoms with Gasteiger partial charge in [-0.25, -0.2) is 0 Å². The van der Waals surface area contributed by atoms with Crippen molar-refractivity contribution in [3.8, 4) is 0 Å². The number of hydrogen-bond acceptors (Lipinski definition) is 4. The summed E-state index contributed by atoms with van der Waals surface area (Å²) in [6.07, 6.45) is 1.46. The molecule has 0 unspecified atom stereocenters. The Hall–Kier alpha value is -3.67. The van der Waals surface area contributed by atoms with Crippen LogP contribution >= 0.6 is 0 Å². The molecule has 6 nitrogen and oxygen atoms in total. The van der Waals surface area contributed by atoms with Gasteiger partial charge in [0.05, 0.1) is 0 Å². The number of benzene rings is 2. The van der Waals surface area contributed by atoms with E-state index in [4.69, 9.17) is 0 Å². The molecule has 0 atom stereocenters. The van der Waals surface area contributed by atoms with Gasteiger partial charge in [0.1, 0.15) is 5.69 Å². The van der Waals surface area contributed by atoms with Crippen LogP contribution in [0.2, 0.25) is 0 Å². The van der Waals surface area contributed by atoms with Crippen LogP contribution in [-0.2, 0) is 0 Å². The normalized spacial score (nSPS) is 10.3. The van der Waals surface area contributed by atoms with Crippen molar-refractivity contribution in [2.24, 2.45) is 0 Å². The van der Waals surface area contributed by atoms with Crippen LogP contribution in [0.15, 0.2) is 60.8 Å². The lowest BCUT2D eigenvalue weighted by atomic mass is 10.1. The molecule has 2 amide bonds. The van der Waals surface area contributed by atoms with Crippen molar-refractivity contribution < 1.29 is 9.59 Å². The molecule has 148 valence electrons. The lowest BCUT2D eigenvalue weighted by Gasteiger charge is -2.13. The quantitative estimate of drug-likeness (QED) is 0.685. The first-order valence-electron chi connectivity index (χ1n) is 9.27. The average molecular weight is 388 g/mol. The zero-order valence-electron chi connectivity index (χ0n) is 17.0. The Morgan fingerprint density at radius 3 is 2.10 bits per heavy atom. The summed E-state index contributed by atoms with van der Waals surface area (Å²) in [6.45, 7) is 4.01. The SMILES string of the molecule is Cc1ccc(NC(=O)c2ccnc(C(=O)Nc3ccc(N(C)C)cc3)c2)cc1C. The van der Waals surface area contributed by atoms with Crippen LogP contribution in [0, 0.1) is 13.8 Å². The first-order valence-corrected chi connectivity index (χ1v) is 9.27. The molecule has 3 aromatic rings. The number of hydrogen-bond donors (Lipinski definition) is 2. The van der Waals surface area contributed by atoms with Crippen molar-refractivity contribution in [3.63, 3.8) is 0 Å². The standard InChI is InChI=1S/C23H24N4O2/c1-15-5-6-19(13-16(15)2)26-22(28)17-11-12-24-21(14-17)23(29)25-18-7-9-20(10-8-18)27(3)4/h5-14H,1-4H3,(H,25,29)(H,26,28). The summed E-state index contributed by atoms with van der Waals surface area (Å²) in [7, 11) is 3.90. The summed E-state index contributed by atoms with van der Waals surface area (Å²) >= 11 is 0. The smallest absolute Gasteiger partial charge is 0.274 e. The Morgan fingerprint density at radius 2 is 1.45 bits per heavy atom. The van der Waals surface area contributed by atoms with Gasteiger partial charge in [0.25, 0.3) is 11.8 Å². The van der Waals surface area contributed by atoms with Crippen molar-refractivity contribution in [2.45, 2.75) is 13.8 Å². The maximum Gasteiger partial charge on any atom is 0.274 e. The third-order valence-corrected chi connectivity index (χ3v) is 4.66. The minimum atomic E-state index is -0.372. The van der Waals surface area contributed by atoms with Gasteiger partial charge < -0.3 is 15.5 Å². The van der Waals surface area contributed by atoms with Crippen LogP contribution in [0.25, 0.3) is 0 Å². The molecule has 0 fully saturated rings. The summed E-state index contributed by atoms with van der Waals surface area (Å²) in [5.41, 5.74) is 5.20. The second-order valence-corrected chi connectivity index (χ2v) is 7.08. The third kappa shape index (κ3) is 4.99. The summed E-state index contributed by atoms with van der Waals surface area (Å²) in [5.74, 6) is -0.663. The number of rotatable bonds is 5. The van der Waals surface area contributed by atoms with Crippen molar-refractivity contribution in [1.82, 2.24) is 4.98 Å². The van der Waals surface area contributed by atoms with Gasteiger partial charge in [0, 0.05) is 42.9 Å². The molecule has 0 saturated heterocycles. The molecule has 2 aromatic carbocycles. The van der Waals surface area contributed by atoms with E-state index in [1.165, 1.54) is 12.3 Å². The highest BCUT2D eigenvalue weighted by Gasteiger charge is 2.13. The first-order chi connectivity index (χ1) is 13.8. The molecule has 1 aromatic heterocycles. The number of pyridine rings is 1. The number of carbonyl (C=O) groups excluding carboxylic acids is 2. The van der Waals surface area contributed by atoms with Gasteiger partial charge >= 0.3 is 0 Å². The molecule has 0 aliphatic carbocycles. The number of nitrogens with zero attached hydrogens (tertiary/aromatic N) is 2. The Kier molecular flexibility index (Phi) is 5.93. The number of amides is 2. The maximum atomic E-state index is 12.6. The molecule has 0 aliphatic heterocycles. The predicted molar refractivity (Wildman–Crippen MR) is 117 cm³/mol. The summed E-state index contributed by atoms with van der Waals surface area (Å²) < 4.78 is 0. The zero-order valence-corrected chi connectivity index (χ0v) is 17.0. The van der Waals surface area contributed by atoms with Gasteiger partial charge in [-0.1, -0.05) is 6.07 Å². The lowest BCUT2D eigenvalue weighted by molar-refractivity contribution is 0.102. The zero-order chi connectivity index (χ0) is 21.0. The molecular formula is C23H24N4O2. The molecule has 0 radical (unpaired) electrons. The van der Waals surface area contributed by atoms with Crippen LogP contribution in [0.5, 0.6) is 0 Å². The molecule has 2 N–H and O–H groups in total. The van der Waals surface area contributed by atoms with E-state index in [1.807, 2.05) is 75.3 Å². The third-order valence-electron chi connectivity index (χ3n) is 4.66. The molecule has 3 rings (SSSR count). The fourth-order valence-corrected chi connectivity index (χ4v) is 2.76. The van der Waals surface area contributed by atoms with E-state index in [9.17, 15) is 9.59 Å². The van der Waals surface area contributed by atoms with E-state index in [0.717, 1.165) is 16.8 Å². The fourth-order valence-electron chi connectivity index (χ4n) is 2.76. The Labute approximate surface area is 170 Å². The Balaban J connectivity index is 1.71. The molecule has 0 saturated carbocycles. The van der Waals surface area contributed by atoms with Gasteiger partial charge in [-0.05, 0) is 73.5 Å². The molecule has 0 aliphatic rings. The van der Waals surface area contributed by atoms with Gasteiger partial charge in [0.2, 0.25) is 0 Å². The number of anilines is 3. The van der Waals surface area contributed by atoms with Gasteiger partial charge in [-0.2, -0.15) is 0 Å². The Morgan fingerprint density at radius 1 is 0.793 bits per heavy atom. The summed E-state index contributed by atoms with van der Waals surface area (Å²) in [5, 5.41) is 5.66. The second-order valence-electron chi connectivity index (χ2n) is 7.08. The van der Waals surface area contributed by atoms with Gasteiger partial charge in [-0.3, -0.25) is 14.6 Å². The predicted octanol–water partition coefficient (Wildman–Crippen LogP) is 4.27. The van der Waals surface area contributed by atoms with Crippen LogP contribution in [0.1, 0.15) is 32.0 Å². The number of carbonyl (C=O) groups is 2. The molecular weight excluding hydrogens is 364 g/mol. The highest BCUT2D eigenvalue weighted by atomic mass is 16.2. The number of aromatic nitrogens is 1. The van der Waals surface area contributed by atoms with Crippen molar-refractivity contribution in [3.05, 3.63) is 83.2 Å². The average Bonchev–Trinajstić information content (AvgIpc) is 2.71. The molecule has 0 spiro atoms. The topological polar surface area (TPSA) is 74.3 Å². The van der Waals surface area contributed by atoms with E-state index >= 15 is 0 Å². The maximum absolute atomic E-state index is 12.6. The molecule has 1 heterocycles. The first kappa shape index (κ1) is 20.1. The Bertz CT molecular complexity index is 1040. The van der Waals surface area contributed by atoms with Crippen LogP contribution in [0.3, 0.4) is 0 Å². The minimum Gasteiger partial charge on any atom is -0.378 e. The highest BCUT2D eigenvalue weighted by Crippen LogP contribution is 2.17. The summed E-state index contributed by atoms with van der Waals surface area (Å²) in [6, 6.07) is 16.3. The fraction of sp³-hybridized carbons (Fsp3) is 0.174. The number of aryl methyl sites for hydroxylation is 2. The molecule has 0 bridgehead atoms. The second kappa shape index (κ2) is 8.56. The van der Waals surface area contributed by atoms with E-state index < -0.39 is 0 Å².